The summed E-state index contributed by atoms with van der Waals surface area (Å²) in [5.41, 5.74) is 0. The molecule has 2 nitrogen and oxygen atoms in total. The minimum absolute atomic E-state index is 0.830. The highest BCUT2D eigenvalue weighted by atomic mass is 79.9. The maximum atomic E-state index is 3.64. The first-order chi connectivity index (χ1) is 8.33. The molecule has 1 aromatic heterocycles. The largest absolute Gasteiger partial charge is 0.298 e. The third-order valence-corrected chi connectivity index (χ3v) is 5.89. The van der Waals surface area contributed by atoms with Crippen LogP contribution in [0.15, 0.2) is 15.9 Å². The Balaban J connectivity index is 1.60. The van der Waals surface area contributed by atoms with E-state index in [9.17, 15) is 0 Å². The van der Waals surface area contributed by atoms with Gasteiger partial charge in [-0.2, -0.15) is 0 Å². The number of thiophene rings is 1. The second kappa shape index (κ2) is 5.39. The summed E-state index contributed by atoms with van der Waals surface area (Å²) < 4.78 is 1.29. The Kier molecular flexibility index (Phi) is 3.85. The van der Waals surface area contributed by atoms with Gasteiger partial charge in [-0.3, -0.25) is 9.80 Å². The van der Waals surface area contributed by atoms with Crippen molar-refractivity contribution in [1.82, 2.24) is 9.80 Å². The van der Waals surface area contributed by atoms with Gasteiger partial charge in [0.1, 0.15) is 0 Å². The lowest BCUT2D eigenvalue weighted by atomic mass is 9.99. The molecule has 1 aromatic rings. The summed E-state index contributed by atoms with van der Waals surface area (Å²) in [7, 11) is 0. The molecule has 2 aliphatic rings. The van der Waals surface area contributed by atoms with Gasteiger partial charge in [0.25, 0.3) is 0 Å². The summed E-state index contributed by atoms with van der Waals surface area (Å²) >= 11 is 5.51. The molecule has 1 atom stereocenters. The molecular weight excluding hydrogens is 296 g/mol. The molecule has 1 unspecified atom stereocenters. The Bertz CT molecular complexity index is 379. The molecule has 0 saturated carbocycles. The topological polar surface area (TPSA) is 6.48 Å². The van der Waals surface area contributed by atoms with E-state index in [0.29, 0.717) is 0 Å². The van der Waals surface area contributed by atoms with E-state index in [0.717, 1.165) is 12.6 Å². The molecule has 0 bridgehead atoms. The van der Waals surface area contributed by atoms with E-state index in [-0.39, 0.29) is 0 Å². The number of hydrogen-bond donors (Lipinski definition) is 0. The number of hydrogen-bond acceptors (Lipinski definition) is 3. The zero-order valence-electron chi connectivity index (χ0n) is 10.1. The first kappa shape index (κ1) is 12.2. The van der Waals surface area contributed by atoms with Crippen molar-refractivity contribution >= 4 is 27.3 Å². The molecule has 0 N–H and O–H groups in total. The maximum absolute atomic E-state index is 3.64. The van der Waals surface area contributed by atoms with Gasteiger partial charge in [0, 0.05) is 41.6 Å². The van der Waals surface area contributed by atoms with Gasteiger partial charge in [-0.25, -0.2) is 0 Å². The highest BCUT2D eigenvalue weighted by Crippen LogP contribution is 2.27. The van der Waals surface area contributed by atoms with Crippen LogP contribution in [-0.4, -0.2) is 42.0 Å². The van der Waals surface area contributed by atoms with Crippen molar-refractivity contribution in [3.63, 3.8) is 0 Å². The second-order valence-electron chi connectivity index (χ2n) is 5.11. The molecule has 0 aliphatic carbocycles. The summed E-state index contributed by atoms with van der Waals surface area (Å²) in [6.45, 7) is 6.24. The summed E-state index contributed by atoms with van der Waals surface area (Å²) in [5, 5.41) is 2.18. The Labute approximate surface area is 116 Å². The molecule has 0 aromatic carbocycles. The van der Waals surface area contributed by atoms with Crippen LogP contribution in [0.25, 0.3) is 0 Å². The number of fused-ring (bicyclic) bond motifs is 1. The molecule has 0 radical (unpaired) electrons. The quantitative estimate of drug-likeness (QED) is 0.827. The van der Waals surface area contributed by atoms with E-state index >= 15 is 0 Å². The molecule has 3 heterocycles. The van der Waals surface area contributed by atoms with Crippen LogP contribution in [0.2, 0.25) is 0 Å². The van der Waals surface area contributed by atoms with Crippen LogP contribution in [0.5, 0.6) is 0 Å². The monoisotopic (exact) mass is 314 g/mol. The van der Waals surface area contributed by atoms with Crippen LogP contribution in [-0.2, 0) is 6.54 Å². The first-order valence-corrected chi connectivity index (χ1v) is 8.18. The van der Waals surface area contributed by atoms with Crippen molar-refractivity contribution in [3.8, 4) is 0 Å². The normalized spacial score (nSPS) is 27.0. The van der Waals surface area contributed by atoms with Crippen molar-refractivity contribution < 1.29 is 0 Å². The summed E-state index contributed by atoms with van der Waals surface area (Å²) in [4.78, 5) is 6.81. The molecule has 2 saturated heterocycles. The standard InChI is InChI=1S/C13H19BrN2S/c14-12-4-8-17-13(12)10-15-6-7-16-5-2-1-3-11(16)9-15/h4,8,11H,1-3,5-7,9-10H2. The van der Waals surface area contributed by atoms with Gasteiger partial charge in [-0.05, 0) is 46.8 Å². The molecule has 2 fully saturated rings. The van der Waals surface area contributed by atoms with Gasteiger partial charge in [0.05, 0.1) is 0 Å². The molecule has 0 spiro atoms. The average Bonchev–Trinajstić information content (AvgIpc) is 2.75. The lowest BCUT2D eigenvalue weighted by Gasteiger charge is -2.44. The van der Waals surface area contributed by atoms with Gasteiger partial charge in [-0.1, -0.05) is 6.42 Å². The molecule has 17 heavy (non-hydrogen) atoms. The molecule has 94 valence electrons. The van der Waals surface area contributed by atoms with Crippen molar-refractivity contribution in [2.75, 3.05) is 26.2 Å². The first-order valence-electron chi connectivity index (χ1n) is 6.51. The fourth-order valence-corrected chi connectivity index (χ4v) is 4.52. The van der Waals surface area contributed by atoms with Crippen molar-refractivity contribution in [1.29, 1.82) is 0 Å². The summed E-state index contributed by atoms with van der Waals surface area (Å²) in [6, 6.07) is 2.99. The Hall–Kier alpha value is 0.1000. The highest BCUT2D eigenvalue weighted by Gasteiger charge is 2.28. The van der Waals surface area contributed by atoms with Gasteiger partial charge in [-0.15, -0.1) is 11.3 Å². The van der Waals surface area contributed by atoms with Gasteiger partial charge in [0.15, 0.2) is 0 Å². The van der Waals surface area contributed by atoms with E-state index < -0.39 is 0 Å². The average molecular weight is 315 g/mol. The van der Waals surface area contributed by atoms with Crippen LogP contribution in [0.3, 0.4) is 0 Å². The van der Waals surface area contributed by atoms with E-state index in [1.54, 1.807) is 0 Å². The fraction of sp³-hybridized carbons (Fsp3) is 0.692. The van der Waals surface area contributed by atoms with Crippen LogP contribution in [0.4, 0.5) is 0 Å². The lowest BCUT2D eigenvalue weighted by Crippen LogP contribution is -2.54. The van der Waals surface area contributed by atoms with Gasteiger partial charge >= 0.3 is 0 Å². The minimum Gasteiger partial charge on any atom is -0.298 e. The number of rotatable bonds is 2. The maximum Gasteiger partial charge on any atom is 0.0340 e. The predicted molar refractivity (Wildman–Crippen MR) is 76.5 cm³/mol. The fourth-order valence-electron chi connectivity index (χ4n) is 3.00. The molecule has 2 aliphatic heterocycles. The minimum atomic E-state index is 0.830. The van der Waals surface area contributed by atoms with Gasteiger partial charge < -0.3 is 0 Å². The van der Waals surface area contributed by atoms with Crippen molar-refractivity contribution in [2.45, 2.75) is 31.8 Å². The van der Waals surface area contributed by atoms with Crippen molar-refractivity contribution in [3.05, 3.63) is 20.8 Å². The molecular formula is C13H19BrN2S. The van der Waals surface area contributed by atoms with E-state index in [1.165, 1.54) is 54.8 Å². The van der Waals surface area contributed by atoms with E-state index in [1.807, 2.05) is 11.3 Å². The van der Waals surface area contributed by atoms with Crippen LogP contribution >= 0.6 is 27.3 Å². The summed E-state index contributed by atoms with van der Waals surface area (Å²) in [5.74, 6) is 0. The third kappa shape index (κ3) is 2.75. The van der Waals surface area contributed by atoms with E-state index in [2.05, 4.69) is 37.2 Å². The van der Waals surface area contributed by atoms with Crippen LogP contribution < -0.4 is 0 Å². The number of piperidine rings is 1. The SMILES string of the molecule is Brc1ccsc1CN1CCN2CCCCC2C1. The Morgan fingerprint density at radius 1 is 1.29 bits per heavy atom. The predicted octanol–water partition coefficient (Wildman–Crippen LogP) is 3.18. The highest BCUT2D eigenvalue weighted by molar-refractivity contribution is 9.10. The number of piperazine rings is 1. The molecule has 3 rings (SSSR count). The lowest BCUT2D eigenvalue weighted by molar-refractivity contribution is 0.0461. The van der Waals surface area contributed by atoms with Gasteiger partial charge in [0.2, 0.25) is 0 Å². The third-order valence-electron chi connectivity index (χ3n) is 3.98. The number of halogens is 1. The Morgan fingerprint density at radius 3 is 3.06 bits per heavy atom. The van der Waals surface area contributed by atoms with Crippen LogP contribution in [0.1, 0.15) is 24.1 Å². The van der Waals surface area contributed by atoms with Crippen LogP contribution in [0, 0.1) is 0 Å². The summed E-state index contributed by atoms with van der Waals surface area (Å²) in [6.07, 6.45) is 4.24. The zero-order chi connectivity index (χ0) is 11.7. The Morgan fingerprint density at radius 2 is 2.24 bits per heavy atom. The van der Waals surface area contributed by atoms with E-state index in [4.69, 9.17) is 0 Å². The zero-order valence-corrected chi connectivity index (χ0v) is 12.5. The molecule has 4 heteroatoms. The smallest absolute Gasteiger partial charge is 0.0340 e. The second-order valence-corrected chi connectivity index (χ2v) is 6.97. The number of nitrogens with zero attached hydrogens (tertiary/aromatic N) is 2. The molecule has 0 amide bonds. The van der Waals surface area contributed by atoms with Crippen molar-refractivity contribution in [2.24, 2.45) is 0 Å².